The van der Waals surface area contributed by atoms with E-state index < -0.39 is 58.1 Å². The molecule has 0 saturated carbocycles. The van der Waals surface area contributed by atoms with Crippen LogP contribution in [0.3, 0.4) is 0 Å². The lowest BCUT2D eigenvalue weighted by atomic mass is 9.62. The van der Waals surface area contributed by atoms with Crippen LogP contribution in [0.4, 0.5) is 19.4 Å². The van der Waals surface area contributed by atoms with Gasteiger partial charge in [0.2, 0.25) is 5.91 Å². The average molecular weight is 690 g/mol. The number of benzene rings is 2. The van der Waals surface area contributed by atoms with Crippen molar-refractivity contribution in [1.82, 2.24) is 20.0 Å². The Morgan fingerprint density at radius 3 is 2.49 bits per heavy atom. The fourth-order valence-electron chi connectivity index (χ4n) is 6.85. The van der Waals surface area contributed by atoms with Crippen molar-refractivity contribution in [1.29, 1.82) is 5.26 Å². The minimum absolute atomic E-state index is 0.0297. The molecule has 14 heteroatoms. The largest absolute Gasteiger partial charge is 0.465 e. The molecule has 2 fully saturated rings. The van der Waals surface area contributed by atoms with E-state index in [2.05, 4.69) is 21.8 Å². The molecular weight excluding hydrogens is 653 g/mol. The van der Waals surface area contributed by atoms with Gasteiger partial charge in [0.05, 0.1) is 29.3 Å². The summed E-state index contributed by atoms with van der Waals surface area (Å²) in [6, 6.07) is 10.1. The Labute approximate surface area is 281 Å². The van der Waals surface area contributed by atoms with Gasteiger partial charge in [-0.05, 0) is 48.4 Å². The smallest absolute Gasteiger partial charge is 0.407 e. The number of carbonyl (C=O) groups excluding carboxylic acids is 1. The first kappa shape index (κ1) is 34.6. The van der Waals surface area contributed by atoms with Crippen LogP contribution in [0.2, 0.25) is 10.0 Å². The summed E-state index contributed by atoms with van der Waals surface area (Å²) >= 11 is 12.3. The Morgan fingerprint density at radius 2 is 1.87 bits per heavy atom. The number of nitrogens with one attached hydrogen (secondary N) is 2. The predicted molar refractivity (Wildman–Crippen MR) is 172 cm³/mol. The highest BCUT2D eigenvalue weighted by atomic mass is 35.5. The van der Waals surface area contributed by atoms with Crippen molar-refractivity contribution in [2.45, 2.75) is 75.6 Å². The first-order valence-electron chi connectivity index (χ1n) is 15.2. The molecule has 10 nitrogen and oxygen atoms in total. The van der Waals surface area contributed by atoms with Gasteiger partial charge >= 0.3 is 6.09 Å². The molecule has 0 aliphatic carbocycles. The second-order valence-electron chi connectivity index (χ2n) is 13.6. The summed E-state index contributed by atoms with van der Waals surface area (Å²) in [4.78, 5) is 26.6. The molecular formula is C33H36Cl2F2N6O4. The van der Waals surface area contributed by atoms with Crippen molar-refractivity contribution >= 4 is 41.0 Å². The number of amides is 2. The summed E-state index contributed by atoms with van der Waals surface area (Å²) in [6.07, 6.45) is 1.27. The van der Waals surface area contributed by atoms with Crippen LogP contribution < -0.4 is 10.6 Å². The molecule has 0 radical (unpaired) electrons. The number of piperidine rings is 1. The Balaban J connectivity index is 1.51. The lowest BCUT2D eigenvalue weighted by Gasteiger charge is -2.37. The van der Waals surface area contributed by atoms with E-state index in [1.165, 1.54) is 46.0 Å². The summed E-state index contributed by atoms with van der Waals surface area (Å²) in [5, 5.41) is 41.6. The van der Waals surface area contributed by atoms with Gasteiger partial charge in [0.15, 0.2) is 5.82 Å². The highest BCUT2D eigenvalue weighted by Gasteiger charge is 2.61. The van der Waals surface area contributed by atoms with Gasteiger partial charge in [0, 0.05) is 47.9 Å². The van der Waals surface area contributed by atoms with Gasteiger partial charge in [0.1, 0.15) is 17.0 Å². The number of halogens is 4. The summed E-state index contributed by atoms with van der Waals surface area (Å²) < 4.78 is 33.2. The Hall–Kier alpha value is -3.76. The molecule has 1 aromatic heterocycles. The zero-order valence-corrected chi connectivity index (χ0v) is 27.6. The highest BCUT2D eigenvalue weighted by Crippen LogP contribution is 2.53. The number of likely N-dealkylation sites (tertiary alicyclic amines) is 1. The second kappa shape index (κ2) is 13.0. The van der Waals surface area contributed by atoms with Crippen LogP contribution in [0.1, 0.15) is 57.1 Å². The predicted octanol–water partition coefficient (Wildman–Crippen LogP) is 5.93. The Morgan fingerprint density at radius 1 is 1.17 bits per heavy atom. The summed E-state index contributed by atoms with van der Waals surface area (Å²) in [5.74, 6) is -3.34. The van der Waals surface area contributed by atoms with E-state index >= 15 is 8.78 Å². The number of hydrogen-bond donors (Lipinski definition) is 4. The first-order valence-corrected chi connectivity index (χ1v) is 15.9. The maximum atomic E-state index is 15.9. The molecule has 0 bridgehead atoms. The molecule has 5 rings (SSSR count). The first-order chi connectivity index (χ1) is 22.1. The molecule has 4 N–H and O–H groups in total. The quantitative estimate of drug-likeness (QED) is 0.241. The van der Waals surface area contributed by atoms with Crippen molar-refractivity contribution in [3.05, 3.63) is 81.5 Å². The zero-order chi connectivity index (χ0) is 34.3. The van der Waals surface area contributed by atoms with Crippen LogP contribution in [0, 0.1) is 28.4 Å². The van der Waals surface area contributed by atoms with Gasteiger partial charge < -0.3 is 25.7 Å². The van der Waals surface area contributed by atoms with Crippen molar-refractivity contribution in [3.63, 3.8) is 0 Å². The monoisotopic (exact) mass is 688 g/mol. The van der Waals surface area contributed by atoms with Crippen LogP contribution in [-0.2, 0) is 16.8 Å². The van der Waals surface area contributed by atoms with Crippen molar-refractivity contribution < 1.29 is 28.6 Å². The maximum absolute atomic E-state index is 15.9. The Bertz CT molecular complexity index is 1720. The molecule has 2 saturated heterocycles. The van der Waals surface area contributed by atoms with E-state index in [1.807, 2.05) is 20.8 Å². The summed E-state index contributed by atoms with van der Waals surface area (Å²) in [5.41, 5.74) is -3.43. The minimum Gasteiger partial charge on any atom is -0.465 e. The number of aliphatic hydroxyl groups is 1. The molecule has 0 spiro atoms. The van der Waals surface area contributed by atoms with E-state index in [4.69, 9.17) is 23.2 Å². The molecule has 2 aliphatic rings. The lowest BCUT2D eigenvalue weighted by Crippen LogP contribution is -2.48. The Kier molecular flexibility index (Phi) is 9.59. The lowest BCUT2D eigenvalue weighted by molar-refractivity contribution is -0.118. The molecule has 2 amide bonds. The van der Waals surface area contributed by atoms with Crippen LogP contribution in [0.5, 0.6) is 0 Å². The van der Waals surface area contributed by atoms with Gasteiger partial charge in [-0.1, -0.05) is 62.2 Å². The number of nitriles is 1. The number of rotatable bonds is 7. The van der Waals surface area contributed by atoms with E-state index in [0.717, 1.165) is 6.07 Å². The molecule has 250 valence electrons. The topological polar surface area (TPSA) is 144 Å². The second-order valence-corrected chi connectivity index (χ2v) is 14.4. The number of nitrogens with zero attached hydrogens (tertiary/aromatic N) is 4. The van der Waals surface area contributed by atoms with Crippen LogP contribution >= 0.6 is 23.2 Å². The fraction of sp³-hybridized carbons (Fsp3) is 0.455. The third kappa shape index (κ3) is 6.94. The van der Waals surface area contributed by atoms with E-state index in [9.17, 15) is 25.1 Å². The highest BCUT2D eigenvalue weighted by molar-refractivity contribution is 6.31. The number of carbonyl (C=O) groups is 2. The molecule has 3 aromatic rings. The van der Waals surface area contributed by atoms with Gasteiger partial charge in [-0.15, -0.1) is 0 Å². The molecule has 2 aromatic carbocycles. The van der Waals surface area contributed by atoms with Gasteiger partial charge in [-0.2, -0.15) is 10.4 Å². The third-order valence-electron chi connectivity index (χ3n) is 9.04. The number of hydrogen-bond acceptors (Lipinski definition) is 6. The van der Waals surface area contributed by atoms with Crippen molar-refractivity contribution in [3.8, 4) is 6.07 Å². The molecule has 47 heavy (non-hydrogen) atoms. The van der Waals surface area contributed by atoms with Gasteiger partial charge in [-0.3, -0.25) is 9.48 Å². The normalized spacial score (nSPS) is 24.1. The summed E-state index contributed by atoms with van der Waals surface area (Å²) in [6.45, 7) is 6.26. The molecule has 4 atom stereocenters. The standard InChI is InChI=1S/C33H36Cl2F2N6O4/c1-31(2,3)16-24-33(17-38,21-8-7-19(34)15-23(21)36)26(20-5-4-6-22(35)27(20)37)28(39-24)29(44)40-25-9-12-43(41-25)18-32(47)10-13-42(14-11-32)30(45)46/h4-9,12,15,24,26,28,39,47H,10-11,13-14,16,18H2,1-3H3,(H,45,46)(H,40,41,44)/t24-,26-,28+,33-/m0/s1. The van der Waals surface area contributed by atoms with E-state index in [-0.39, 0.29) is 59.5 Å². The van der Waals surface area contributed by atoms with Gasteiger partial charge in [-0.25, -0.2) is 13.6 Å². The van der Waals surface area contributed by atoms with E-state index in [1.54, 1.807) is 6.20 Å². The SMILES string of the molecule is CC(C)(C)C[C@@H]1N[C@@H](C(=O)Nc2ccn(CC3(O)CCN(C(=O)O)CC3)n2)[C@H](c2cccc(Cl)c2F)[C@@]1(C#N)c1ccc(Cl)cc1F. The fourth-order valence-corrected chi connectivity index (χ4v) is 7.19. The molecule has 2 aliphatic heterocycles. The molecule has 0 unspecified atom stereocenters. The zero-order valence-electron chi connectivity index (χ0n) is 26.1. The number of aromatic nitrogens is 2. The maximum Gasteiger partial charge on any atom is 0.407 e. The average Bonchev–Trinajstić information content (AvgIpc) is 3.55. The minimum atomic E-state index is -1.77. The van der Waals surface area contributed by atoms with Crippen molar-refractivity contribution in [2.24, 2.45) is 5.41 Å². The van der Waals surface area contributed by atoms with E-state index in [0.29, 0.717) is 6.42 Å². The molecule has 3 heterocycles. The van der Waals surface area contributed by atoms with Crippen molar-refractivity contribution in [2.75, 3.05) is 18.4 Å². The number of anilines is 1. The van der Waals surface area contributed by atoms with Crippen LogP contribution in [-0.4, -0.2) is 67.7 Å². The number of carboxylic acid groups (broad SMARTS) is 1. The van der Waals surface area contributed by atoms with Crippen LogP contribution in [0.15, 0.2) is 48.7 Å². The van der Waals surface area contributed by atoms with Crippen LogP contribution in [0.25, 0.3) is 0 Å². The third-order valence-corrected chi connectivity index (χ3v) is 9.57. The van der Waals surface area contributed by atoms with Gasteiger partial charge in [0.25, 0.3) is 0 Å². The summed E-state index contributed by atoms with van der Waals surface area (Å²) in [7, 11) is 0.